The zero-order valence-electron chi connectivity index (χ0n) is 44.3. The molecule has 8 aromatic carbocycles. The molecule has 4 heteroatoms. The fraction of sp³-hybridized carbons (Fsp3) is 0.176. The van der Waals surface area contributed by atoms with Gasteiger partial charge in [-0.05, 0) is 185 Å². The molecule has 0 N–H and O–H groups in total. The minimum atomic E-state index is 1.08. The van der Waals surface area contributed by atoms with Crippen LogP contribution in [0, 0.1) is 83.1 Å². The van der Waals surface area contributed by atoms with Crippen molar-refractivity contribution in [2.24, 2.45) is 0 Å². The van der Waals surface area contributed by atoms with Crippen molar-refractivity contribution < 1.29 is 0 Å². The SMILES string of the molecule is Cc1ccc2cc(C)ccc2c1.Cc1ccc2cc(C)ncc2c1.Cc1ccc2cc(C)ncc2c1.Cc1cccc2c(C)cccc12.Cc1cccc2c(C)nccc12.Cc1cccc2c(C)nccc12. The van der Waals surface area contributed by atoms with E-state index in [0.29, 0.717) is 0 Å². The molecule has 0 aliphatic heterocycles. The second-order valence-corrected chi connectivity index (χ2v) is 19.1. The van der Waals surface area contributed by atoms with E-state index in [1.807, 2.05) is 52.5 Å². The number of aryl methyl sites for hydroxylation is 12. The summed E-state index contributed by atoms with van der Waals surface area (Å²) in [5.74, 6) is 0. The lowest BCUT2D eigenvalue weighted by Crippen LogP contribution is -1.84. The molecule has 0 fully saturated rings. The lowest BCUT2D eigenvalue weighted by Gasteiger charge is -2.03. The van der Waals surface area contributed by atoms with Crippen LogP contribution in [0.15, 0.2) is 195 Å². The summed E-state index contributed by atoms with van der Waals surface area (Å²) in [6.07, 6.45) is 7.59. The first-order valence-electron chi connectivity index (χ1n) is 24.8. The number of fused-ring (bicyclic) bond motifs is 6. The van der Waals surface area contributed by atoms with E-state index in [4.69, 9.17) is 0 Å². The predicted octanol–water partition coefficient (Wildman–Crippen LogP) is 18.3. The minimum Gasteiger partial charge on any atom is -0.261 e. The van der Waals surface area contributed by atoms with Crippen molar-refractivity contribution in [3.8, 4) is 0 Å². The van der Waals surface area contributed by atoms with Crippen LogP contribution in [-0.2, 0) is 0 Å². The number of nitrogens with zero attached hydrogens (tertiary/aromatic N) is 4. The smallest absolute Gasteiger partial charge is 0.0451 e. The topological polar surface area (TPSA) is 51.6 Å². The van der Waals surface area contributed by atoms with Crippen LogP contribution in [0.1, 0.15) is 67.3 Å². The van der Waals surface area contributed by atoms with Crippen LogP contribution in [0.25, 0.3) is 64.6 Å². The van der Waals surface area contributed by atoms with E-state index >= 15 is 0 Å². The lowest BCUT2D eigenvalue weighted by atomic mass is 10.0. The molecule has 72 heavy (non-hydrogen) atoms. The Morgan fingerprint density at radius 2 is 0.514 bits per heavy atom. The van der Waals surface area contributed by atoms with Gasteiger partial charge < -0.3 is 0 Å². The number of hydrogen-bond acceptors (Lipinski definition) is 4. The average molecular weight is 941 g/mol. The van der Waals surface area contributed by atoms with Crippen LogP contribution in [0.2, 0.25) is 0 Å². The molecular formula is C68H68N4. The summed E-state index contributed by atoms with van der Waals surface area (Å²) in [5, 5.41) is 15.5. The maximum atomic E-state index is 4.25. The van der Waals surface area contributed by atoms with E-state index in [1.54, 1.807) is 0 Å². The molecule has 0 spiro atoms. The monoisotopic (exact) mass is 941 g/mol. The highest BCUT2D eigenvalue weighted by Gasteiger charge is 2.01. The number of pyridine rings is 4. The van der Waals surface area contributed by atoms with E-state index in [9.17, 15) is 0 Å². The Morgan fingerprint density at radius 1 is 0.236 bits per heavy atom. The van der Waals surface area contributed by atoms with Gasteiger partial charge in [-0.25, -0.2) is 0 Å². The Balaban J connectivity index is 0.000000127. The standard InChI is InChI=1S/2C12H12.4C11H11N/c1-9-3-5-12-8-10(2)4-6-11(12)7-9;1-9-5-3-8-12-10(2)6-4-7-11(9)12;2*1-8-3-4-10-6-9(2)12-7-11(10)5-8;2*1-8-4-3-5-11-9(2)12-7-6-10(8)11/h2*3-8H,1-2H3;4*3-7H,1-2H3. The molecule has 0 aliphatic carbocycles. The Hall–Kier alpha value is -8.08. The van der Waals surface area contributed by atoms with Gasteiger partial charge in [-0.15, -0.1) is 0 Å². The molecule has 0 unspecified atom stereocenters. The quantitative estimate of drug-likeness (QED) is 0.152. The molecule has 0 atom stereocenters. The van der Waals surface area contributed by atoms with Crippen molar-refractivity contribution in [3.05, 3.63) is 262 Å². The summed E-state index contributed by atoms with van der Waals surface area (Å²) < 4.78 is 0. The van der Waals surface area contributed by atoms with E-state index in [1.165, 1.54) is 109 Å². The summed E-state index contributed by atoms with van der Waals surface area (Å²) in [5.41, 5.74) is 14.9. The van der Waals surface area contributed by atoms with Gasteiger partial charge in [0.05, 0.1) is 0 Å². The molecule has 0 saturated heterocycles. The third-order valence-corrected chi connectivity index (χ3v) is 13.0. The van der Waals surface area contributed by atoms with Crippen molar-refractivity contribution in [1.29, 1.82) is 0 Å². The van der Waals surface area contributed by atoms with Gasteiger partial charge in [-0.2, -0.15) is 0 Å². The van der Waals surface area contributed by atoms with E-state index < -0.39 is 0 Å². The van der Waals surface area contributed by atoms with Crippen LogP contribution in [0.4, 0.5) is 0 Å². The van der Waals surface area contributed by atoms with Crippen LogP contribution in [0.3, 0.4) is 0 Å². The Morgan fingerprint density at radius 3 is 0.833 bits per heavy atom. The second-order valence-electron chi connectivity index (χ2n) is 19.1. The Labute approximate surface area is 427 Å². The van der Waals surface area contributed by atoms with Crippen molar-refractivity contribution in [2.45, 2.75) is 83.1 Å². The zero-order valence-corrected chi connectivity index (χ0v) is 44.3. The van der Waals surface area contributed by atoms with Gasteiger partial charge >= 0.3 is 0 Å². The highest BCUT2D eigenvalue weighted by atomic mass is 14.7. The van der Waals surface area contributed by atoms with Gasteiger partial charge in [0.15, 0.2) is 0 Å². The third-order valence-electron chi connectivity index (χ3n) is 13.0. The summed E-state index contributed by atoms with van der Waals surface area (Å²) in [4.78, 5) is 17.0. The fourth-order valence-corrected chi connectivity index (χ4v) is 8.87. The van der Waals surface area contributed by atoms with E-state index in [-0.39, 0.29) is 0 Å². The second kappa shape index (κ2) is 24.2. The van der Waals surface area contributed by atoms with Crippen LogP contribution >= 0.6 is 0 Å². The number of benzene rings is 8. The first-order valence-corrected chi connectivity index (χ1v) is 24.8. The normalized spacial score (nSPS) is 10.5. The van der Waals surface area contributed by atoms with Crippen molar-refractivity contribution in [2.75, 3.05) is 0 Å². The molecule has 4 aromatic heterocycles. The molecule has 12 aromatic rings. The molecule has 0 aliphatic rings. The van der Waals surface area contributed by atoms with Gasteiger partial charge in [0.2, 0.25) is 0 Å². The molecule has 0 amide bonds. The maximum Gasteiger partial charge on any atom is 0.0451 e. The molecule has 12 rings (SSSR count). The van der Waals surface area contributed by atoms with Gasteiger partial charge in [0.25, 0.3) is 0 Å². The van der Waals surface area contributed by atoms with E-state index in [2.05, 4.69) is 245 Å². The van der Waals surface area contributed by atoms with Crippen molar-refractivity contribution in [3.63, 3.8) is 0 Å². The number of aromatic nitrogens is 4. The Kier molecular flexibility index (Phi) is 17.4. The molecule has 360 valence electrons. The molecule has 4 heterocycles. The molecule has 4 nitrogen and oxygen atoms in total. The summed E-state index contributed by atoms with van der Waals surface area (Å²) in [7, 11) is 0. The van der Waals surface area contributed by atoms with E-state index in [0.717, 1.165) is 22.8 Å². The van der Waals surface area contributed by atoms with Crippen LogP contribution in [0.5, 0.6) is 0 Å². The molecule has 0 saturated carbocycles. The largest absolute Gasteiger partial charge is 0.261 e. The zero-order chi connectivity index (χ0) is 51.3. The Bertz CT molecular complexity index is 3150. The van der Waals surface area contributed by atoms with Gasteiger partial charge in [0, 0.05) is 69.1 Å². The average Bonchev–Trinajstić information content (AvgIpc) is 3.36. The highest BCUT2D eigenvalue weighted by molar-refractivity contribution is 5.89. The first-order chi connectivity index (χ1) is 34.6. The summed E-state index contributed by atoms with van der Waals surface area (Å²) in [6.45, 7) is 25.1. The maximum absolute atomic E-state index is 4.25. The van der Waals surface area contributed by atoms with Gasteiger partial charge in [-0.1, -0.05) is 156 Å². The van der Waals surface area contributed by atoms with Crippen molar-refractivity contribution in [1.82, 2.24) is 19.9 Å². The number of rotatable bonds is 0. The molecule has 0 bridgehead atoms. The van der Waals surface area contributed by atoms with Gasteiger partial charge in [0.1, 0.15) is 0 Å². The summed E-state index contributed by atoms with van der Waals surface area (Å²) in [6, 6.07) is 59.8. The number of hydrogen-bond donors (Lipinski definition) is 0. The predicted molar refractivity (Wildman–Crippen MR) is 312 cm³/mol. The van der Waals surface area contributed by atoms with Gasteiger partial charge in [-0.3, -0.25) is 19.9 Å². The summed E-state index contributed by atoms with van der Waals surface area (Å²) >= 11 is 0. The third kappa shape index (κ3) is 13.6. The molecular weight excluding hydrogens is 873 g/mol. The highest BCUT2D eigenvalue weighted by Crippen LogP contribution is 2.23. The first kappa shape index (κ1) is 51.8. The van der Waals surface area contributed by atoms with Crippen molar-refractivity contribution >= 4 is 64.6 Å². The lowest BCUT2D eigenvalue weighted by molar-refractivity contribution is 1.22. The minimum absolute atomic E-state index is 1.08. The molecule has 0 radical (unpaired) electrons. The fourth-order valence-electron chi connectivity index (χ4n) is 8.87. The van der Waals surface area contributed by atoms with Crippen LogP contribution < -0.4 is 0 Å². The van der Waals surface area contributed by atoms with Crippen LogP contribution in [-0.4, -0.2) is 19.9 Å².